The van der Waals surface area contributed by atoms with E-state index in [2.05, 4.69) is 55.1 Å². The first-order valence-corrected chi connectivity index (χ1v) is 6.60. The van der Waals surface area contributed by atoms with Gasteiger partial charge in [-0.1, -0.05) is 61.2 Å². The van der Waals surface area contributed by atoms with Crippen molar-refractivity contribution < 1.29 is 4.74 Å². The summed E-state index contributed by atoms with van der Waals surface area (Å²) < 4.78 is 5.11. The molecule has 0 N–H and O–H groups in total. The van der Waals surface area contributed by atoms with Gasteiger partial charge in [-0.25, -0.2) is 0 Å². The van der Waals surface area contributed by atoms with Crippen LogP contribution in [0.3, 0.4) is 0 Å². The van der Waals surface area contributed by atoms with Crippen LogP contribution in [-0.4, -0.2) is 7.11 Å². The van der Waals surface area contributed by atoms with Gasteiger partial charge < -0.3 is 4.74 Å². The van der Waals surface area contributed by atoms with E-state index in [4.69, 9.17) is 4.74 Å². The minimum Gasteiger partial charge on any atom is -0.380 e. The zero-order chi connectivity index (χ0) is 13.5. The average Bonchev–Trinajstić information content (AvgIpc) is 2.47. The molecule has 0 aliphatic rings. The van der Waals surface area contributed by atoms with Crippen molar-refractivity contribution in [3.8, 4) is 0 Å². The summed E-state index contributed by atoms with van der Waals surface area (Å²) in [6, 6.07) is 17.2. The number of methoxy groups -OCH3 is 1. The van der Waals surface area contributed by atoms with Gasteiger partial charge in [0.2, 0.25) is 0 Å². The number of benzene rings is 2. The molecule has 2 aromatic carbocycles. The van der Waals surface area contributed by atoms with Crippen molar-refractivity contribution in [1.82, 2.24) is 0 Å². The molecule has 0 heterocycles. The lowest BCUT2D eigenvalue weighted by Gasteiger charge is -2.05. The van der Waals surface area contributed by atoms with Crippen LogP contribution in [0, 0.1) is 0 Å². The Morgan fingerprint density at radius 2 is 1.32 bits per heavy atom. The fourth-order valence-corrected chi connectivity index (χ4v) is 2.08. The SMILES string of the molecule is C=Cc1ccc(CCc2ccc(COC)cc2)cc1. The molecule has 0 aliphatic carbocycles. The molecule has 0 saturated carbocycles. The molecule has 19 heavy (non-hydrogen) atoms. The summed E-state index contributed by atoms with van der Waals surface area (Å²) in [4.78, 5) is 0. The standard InChI is InChI=1S/C18H20O/c1-3-15-4-6-16(7-5-15)8-9-17-10-12-18(13-11-17)14-19-2/h3-7,10-13H,1,8-9,14H2,2H3. The van der Waals surface area contributed by atoms with Crippen molar-refractivity contribution in [3.05, 3.63) is 77.4 Å². The number of rotatable bonds is 6. The number of hydrogen-bond acceptors (Lipinski definition) is 1. The Balaban J connectivity index is 1.92. The van der Waals surface area contributed by atoms with Crippen LogP contribution in [0.25, 0.3) is 6.08 Å². The topological polar surface area (TPSA) is 9.23 Å². The second-order valence-corrected chi connectivity index (χ2v) is 4.70. The van der Waals surface area contributed by atoms with E-state index in [1.807, 2.05) is 6.08 Å². The predicted octanol–water partition coefficient (Wildman–Crippen LogP) is 4.26. The lowest BCUT2D eigenvalue weighted by molar-refractivity contribution is 0.185. The average molecular weight is 252 g/mol. The van der Waals surface area contributed by atoms with E-state index in [-0.39, 0.29) is 0 Å². The third-order valence-corrected chi connectivity index (χ3v) is 3.25. The molecule has 2 aromatic rings. The van der Waals surface area contributed by atoms with Crippen LogP contribution < -0.4 is 0 Å². The van der Waals surface area contributed by atoms with Crippen LogP contribution in [0.2, 0.25) is 0 Å². The lowest BCUT2D eigenvalue weighted by atomic mass is 10.0. The summed E-state index contributed by atoms with van der Waals surface area (Å²) in [7, 11) is 1.72. The monoisotopic (exact) mass is 252 g/mol. The molecular weight excluding hydrogens is 232 g/mol. The largest absolute Gasteiger partial charge is 0.380 e. The Morgan fingerprint density at radius 3 is 1.79 bits per heavy atom. The first-order chi connectivity index (χ1) is 9.31. The third kappa shape index (κ3) is 4.08. The van der Waals surface area contributed by atoms with Gasteiger partial charge in [0.1, 0.15) is 0 Å². The molecule has 2 rings (SSSR count). The summed E-state index contributed by atoms with van der Waals surface area (Å²) in [5, 5.41) is 0. The Labute approximate surface area is 115 Å². The van der Waals surface area contributed by atoms with Gasteiger partial charge in [0.15, 0.2) is 0 Å². The first-order valence-electron chi connectivity index (χ1n) is 6.60. The van der Waals surface area contributed by atoms with Crippen molar-refractivity contribution in [1.29, 1.82) is 0 Å². The molecule has 0 amide bonds. The van der Waals surface area contributed by atoms with E-state index >= 15 is 0 Å². The zero-order valence-corrected chi connectivity index (χ0v) is 11.4. The van der Waals surface area contributed by atoms with Gasteiger partial charge in [0.25, 0.3) is 0 Å². The summed E-state index contributed by atoms with van der Waals surface area (Å²) in [5.41, 5.74) is 5.13. The molecule has 0 fully saturated rings. The molecule has 0 aromatic heterocycles. The Morgan fingerprint density at radius 1 is 0.842 bits per heavy atom. The van der Waals surface area contributed by atoms with Crippen LogP contribution in [0.1, 0.15) is 22.3 Å². The summed E-state index contributed by atoms with van der Waals surface area (Å²) in [6.45, 7) is 4.45. The van der Waals surface area contributed by atoms with Crippen molar-refractivity contribution in [3.63, 3.8) is 0 Å². The molecule has 0 atom stereocenters. The minimum absolute atomic E-state index is 0.684. The maximum absolute atomic E-state index is 5.11. The van der Waals surface area contributed by atoms with Gasteiger partial charge in [-0.15, -0.1) is 0 Å². The molecule has 0 unspecified atom stereocenters. The van der Waals surface area contributed by atoms with E-state index in [9.17, 15) is 0 Å². The highest BCUT2D eigenvalue weighted by Gasteiger charge is 1.97. The van der Waals surface area contributed by atoms with Gasteiger partial charge in [0.05, 0.1) is 6.61 Å². The van der Waals surface area contributed by atoms with E-state index in [0.717, 1.165) is 12.8 Å². The molecule has 1 heteroatoms. The quantitative estimate of drug-likeness (QED) is 0.746. The minimum atomic E-state index is 0.684. The first kappa shape index (κ1) is 13.6. The Kier molecular flexibility index (Phi) is 4.93. The summed E-state index contributed by atoms with van der Waals surface area (Å²) >= 11 is 0. The van der Waals surface area contributed by atoms with Crippen molar-refractivity contribution in [2.45, 2.75) is 19.4 Å². The molecule has 0 aliphatic heterocycles. The highest BCUT2D eigenvalue weighted by Crippen LogP contribution is 2.11. The second-order valence-electron chi connectivity index (χ2n) is 4.70. The highest BCUT2D eigenvalue weighted by atomic mass is 16.5. The maximum atomic E-state index is 5.11. The van der Waals surface area contributed by atoms with Crippen LogP contribution in [0.5, 0.6) is 0 Å². The molecule has 98 valence electrons. The summed E-state index contributed by atoms with van der Waals surface area (Å²) in [5.74, 6) is 0. The fourth-order valence-electron chi connectivity index (χ4n) is 2.08. The van der Waals surface area contributed by atoms with Crippen LogP contribution in [0.4, 0.5) is 0 Å². The highest BCUT2D eigenvalue weighted by molar-refractivity contribution is 5.47. The fraction of sp³-hybridized carbons (Fsp3) is 0.222. The number of aryl methyl sites for hydroxylation is 2. The lowest BCUT2D eigenvalue weighted by Crippen LogP contribution is -1.93. The van der Waals surface area contributed by atoms with E-state index < -0.39 is 0 Å². The van der Waals surface area contributed by atoms with Gasteiger partial charge >= 0.3 is 0 Å². The Hall–Kier alpha value is -1.86. The van der Waals surface area contributed by atoms with Crippen molar-refractivity contribution in [2.75, 3.05) is 7.11 Å². The number of hydrogen-bond donors (Lipinski definition) is 0. The Bertz CT molecular complexity index is 508. The van der Waals surface area contributed by atoms with Crippen LogP contribution in [-0.2, 0) is 24.2 Å². The van der Waals surface area contributed by atoms with Gasteiger partial charge in [-0.05, 0) is 35.1 Å². The normalized spacial score (nSPS) is 10.4. The van der Waals surface area contributed by atoms with Gasteiger partial charge in [-0.2, -0.15) is 0 Å². The van der Waals surface area contributed by atoms with Crippen molar-refractivity contribution >= 4 is 6.08 Å². The third-order valence-electron chi connectivity index (χ3n) is 3.25. The predicted molar refractivity (Wildman–Crippen MR) is 81.1 cm³/mol. The summed E-state index contributed by atoms with van der Waals surface area (Å²) in [6.07, 6.45) is 4.01. The zero-order valence-electron chi connectivity index (χ0n) is 11.4. The van der Waals surface area contributed by atoms with Crippen LogP contribution in [0.15, 0.2) is 55.1 Å². The van der Waals surface area contributed by atoms with E-state index in [1.54, 1.807) is 7.11 Å². The second kappa shape index (κ2) is 6.91. The molecule has 1 nitrogen and oxygen atoms in total. The molecule has 0 bridgehead atoms. The number of ether oxygens (including phenoxy) is 1. The molecule has 0 radical (unpaired) electrons. The molecule has 0 spiro atoms. The molecular formula is C18H20O. The van der Waals surface area contributed by atoms with Gasteiger partial charge in [0, 0.05) is 7.11 Å². The maximum Gasteiger partial charge on any atom is 0.0713 e. The van der Waals surface area contributed by atoms with E-state index in [1.165, 1.54) is 22.3 Å². The van der Waals surface area contributed by atoms with Crippen molar-refractivity contribution in [2.24, 2.45) is 0 Å². The van der Waals surface area contributed by atoms with E-state index in [0.29, 0.717) is 6.61 Å². The smallest absolute Gasteiger partial charge is 0.0713 e. The molecule has 0 saturated heterocycles. The van der Waals surface area contributed by atoms with Crippen LogP contribution >= 0.6 is 0 Å². The van der Waals surface area contributed by atoms with Gasteiger partial charge in [-0.3, -0.25) is 0 Å².